The van der Waals surface area contributed by atoms with E-state index in [0.717, 1.165) is 0 Å². The fourth-order valence-electron chi connectivity index (χ4n) is 3.96. The maximum absolute atomic E-state index is 13.7. The first-order valence-electron chi connectivity index (χ1n) is 10.9. The summed E-state index contributed by atoms with van der Waals surface area (Å²) in [7, 11) is 1.54. The van der Waals surface area contributed by atoms with Crippen LogP contribution in [0.4, 0.5) is 0 Å². The highest BCUT2D eigenvalue weighted by atomic mass is 32.1. The summed E-state index contributed by atoms with van der Waals surface area (Å²) in [4.78, 5) is 43.0. The van der Waals surface area contributed by atoms with Crippen LogP contribution in [0.5, 0.6) is 11.5 Å². The van der Waals surface area contributed by atoms with Gasteiger partial charge in [0, 0.05) is 12.5 Å². The lowest BCUT2D eigenvalue weighted by molar-refractivity contribution is -0.139. The number of thiazole rings is 1. The molecule has 1 aromatic heterocycles. The highest BCUT2D eigenvalue weighted by Gasteiger charge is 2.34. The van der Waals surface area contributed by atoms with Gasteiger partial charge in [-0.15, -0.1) is 0 Å². The van der Waals surface area contributed by atoms with Gasteiger partial charge in [-0.05, 0) is 43.7 Å². The molecule has 8 nitrogen and oxygen atoms in total. The zero-order valence-corrected chi connectivity index (χ0v) is 20.5. The van der Waals surface area contributed by atoms with Gasteiger partial charge in [0.05, 0.1) is 29.5 Å². The molecule has 0 fully saturated rings. The minimum Gasteiger partial charge on any atom is -0.496 e. The number of fused-ring (bicyclic) bond motifs is 1. The molecule has 0 saturated heterocycles. The molecule has 1 unspecified atom stereocenters. The number of aromatic nitrogens is 1. The Labute approximate surface area is 205 Å². The van der Waals surface area contributed by atoms with Crippen molar-refractivity contribution < 1.29 is 23.8 Å². The molecule has 0 aliphatic carbocycles. The predicted octanol–water partition coefficient (Wildman–Crippen LogP) is 2.73. The Morgan fingerprint density at radius 2 is 1.94 bits per heavy atom. The maximum Gasteiger partial charge on any atom is 0.338 e. The Bertz CT molecular complexity index is 1520. The Kier molecular flexibility index (Phi) is 6.97. The summed E-state index contributed by atoms with van der Waals surface area (Å²) in [6, 6.07) is 13.4. The van der Waals surface area contributed by atoms with Gasteiger partial charge in [-0.3, -0.25) is 14.2 Å². The molecule has 180 valence electrons. The quantitative estimate of drug-likeness (QED) is 0.388. The van der Waals surface area contributed by atoms with E-state index in [1.54, 1.807) is 57.4 Å². The summed E-state index contributed by atoms with van der Waals surface area (Å²) < 4.78 is 18.0. The molecule has 2 heterocycles. The number of allylic oxidation sites excluding steroid dienone is 1. The fraction of sp³-hybridized carbons (Fsp3) is 0.231. The Hall–Kier alpha value is -3.98. The summed E-state index contributed by atoms with van der Waals surface area (Å²) in [6.07, 6.45) is 1.71. The molecule has 0 spiro atoms. The SMILES string of the molecule is CCOC(=O)C1=C(C)N=c2sc(=Cc3cccc(OC(C)=O)c3)c(=O)n2C1c1ccccc1OC. The lowest BCUT2D eigenvalue weighted by atomic mass is 9.95. The van der Waals surface area contributed by atoms with Gasteiger partial charge < -0.3 is 14.2 Å². The number of methoxy groups -OCH3 is 1. The number of benzene rings is 2. The number of hydrogen-bond acceptors (Lipinski definition) is 8. The highest BCUT2D eigenvalue weighted by Crippen LogP contribution is 2.35. The Balaban J connectivity index is 1.93. The molecule has 1 aliphatic rings. The molecule has 1 aliphatic heterocycles. The standard InChI is InChI=1S/C26H24N2O6S/c1-5-33-25(31)22-15(2)27-26-28(23(22)19-11-6-7-12-20(19)32-4)24(30)21(35-26)14-17-9-8-10-18(13-17)34-16(3)29/h6-14,23H,5H2,1-4H3. The molecule has 35 heavy (non-hydrogen) atoms. The number of ether oxygens (including phenoxy) is 3. The number of nitrogens with zero attached hydrogens (tertiary/aromatic N) is 2. The van der Waals surface area contributed by atoms with Crippen LogP contribution in [0.3, 0.4) is 0 Å². The molecule has 0 radical (unpaired) electrons. The van der Waals surface area contributed by atoms with Crippen LogP contribution in [-0.4, -0.2) is 30.2 Å². The van der Waals surface area contributed by atoms with E-state index >= 15 is 0 Å². The topological polar surface area (TPSA) is 96.2 Å². The van der Waals surface area contributed by atoms with E-state index in [9.17, 15) is 14.4 Å². The van der Waals surface area contributed by atoms with E-state index in [4.69, 9.17) is 14.2 Å². The molecule has 0 N–H and O–H groups in total. The summed E-state index contributed by atoms with van der Waals surface area (Å²) in [5, 5.41) is 0. The molecule has 3 aromatic rings. The van der Waals surface area contributed by atoms with E-state index in [0.29, 0.717) is 37.7 Å². The lowest BCUT2D eigenvalue weighted by Gasteiger charge is -2.25. The van der Waals surface area contributed by atoms with Crippen molar-refractivity contribution in [3.8, 4) is 11.5 Å². The first kappa shape index (κ1) is 24.2. The van der Waals surface area contributed by atoms with Gasteiger partial charge in [0.15, 0.2) is 4.80 Å². The number of rotatable bonds is 6. The number of para-hydroxylation sites is 1. The second-order valence-electron chi connectivity index (χ2n) is 7.71. The van der Waals surface area contributed by atoms with Crippen LogP contribution in [0.15, 0.2) is 69.6 Å². The average Bonchev–Trinajstić information content (AvgIpc) is 3.12. The van der Waals surface area contributed by atoms with Crippen molar-refractivity contribution >= 4 is 29.4 Å². The van der Waals surface area contributed by atoms with Crippen molar-refractivity contribution in [2.24, 2.45) is 4.99 Å². The second kappa shape index (κ2) is 10.1. The van der Waals surface area contributed by atoms with E-state index in [2.05, 4.69) is 4.99 Å². The molecule has 9 heteroatoms. The summed E-state index contributed by atoms with van der Waals surface area (Å²) in [5.74, 6) is -0.0441. The average molecular weight is 493 g/mol. The van der Waals surface area contributed by atoms with Crippen LogP contribution in [-0.2, 0) is 14.3 Å². The van der Waals surface area contributed by atoms with Crippen molar-refractivity contribution in [1.82, 2.24) is 4.57 Å². The lowest BCUT2D eigenvalue weighted by Crippen LogP contribution is -2.40. The highest BCUT2D eigenvalue weighted by molar-refractivity contribution is 7.07. The smallest absolute Gasteiger partial charge is 0.338 e. The Morgan fingerprint density at radius 3 is 2.66 bits per heavy atom. The van der Waals surface area contributed by atoms with Crippen molar-refractivity contribution in [2.45, 2.75) is 26.8 Å². The monoisotopic (exact) mass is 492 g/mol. The van der Waals surface area contributed by atoms with Crippen molar-refractivity contribution in [3.05, 3.63) is 90.6 Å². The Morgan fingerprint density at radius 1 is 1.17 bits per heavy atom. The van der Waals surface area contributed by atoms with E-state index in [1.807, 2.05) is 18.2 Å². The number of esters is 2. The van der Waals surface area contributed by atoms with Gasteiger partial charge in [-0.2, -0.15) is 0 Å². The third kappa shape index (κ3) is 4.81. The van der Waals surface area contributed by atoms with Crippen molar-refractivity contribution in [2.75, 3.05) is 13.7 Å². The largest absolute Gasteiger partial charge is 0.496 e. The minimum absolute atomic E-state index is 0.192. The van der Waals surface area contributed by atoms with E-state index in [-0.39, 0.29) is 17.7 Å². The molecule has 0 saturated carbocycles. The van der Waals surface area contributed by atoms with E-state index in [1.165, 1.54) is 22.8 Å². The van der Waals surface area contributed by atoms with Crippen LogP contribution < -0.4 is 24.4 Å². The zero-order chi connectivity index (χ0) is 25.1. The zero-order valence-electron chi connectivity index (χ0n) is 19.7. The third-order valence-electron chi connectivity index (χ3n) is 5.37. The van der Waals surface area contributed by atoms with Crippen LogP contribution in [0, 0.1) is 0 Å². The predicted molar refractivity (Wildman–Crippen MR) is 131 cm³/mol. The van der Waals surface area contributed by atoms with Gasteiger partial charge in [-0.1, -0.05) is 41.7 Å². The molecule has 1 atom stereocenters. The summed E-state index contributed by atoms with van der Waals surface area (Å²) in [6.45, 7) is 4.98. The number of carbonyl (C=O) groups is 2. The molecular formula is C26H24N2O6S. The van der Waals surface area contributed by atoms with Gasteiger partial charge in [0.1, 0.15) is 17.5 Å². The molecule has 0 amide bonds. The molecule has 2 aromatic carbocycles. The first-order chi connectivity index (χ1) is 16.8. The van der Waals surface area contributed by atoms with Crippen LogP contribution in [0.1, 0.15) is 37.9 Å². The van der Waals surface area contributed by atoms with Gasteiger partial charge in [0.2, 0.25) is 0 Å². The van der Waals surface area contributed by atoms with Crippen LogP contribution in [0.2, 0.25) is 0 Å². The van der Waals surface area contributed by atoms with Crippen LogP contribution >= 0.6 is 11.3 Å². The molecular weight excluding hydrogens is 468 g/mol. The number of carbonyl (C=O) groups excluding carboxylic acids is 2. The van der Waals surface area contributed by atoms with Gasteiger partial charge in [0.25, 0.3) is 5.56 Å². The van der Waals surface area contributed by atoms with E-state index < -0.39 is 18.0 Å². The fourth-order valence-corrected chi connectivity index (χ4v) is 5.01. The van der Waals surface area contributed by atoms with Crippen molar-refractivity contribution in [1.29, 1.82) is 0 Å². The normalized spacial score (nSPS) is 15.3. The molecule has 0 bridgehead atoms. The summed E-state index contributed by atoms with van der Waals surface area (Å²) >= 11 is 1.21. The maximum atomic E-state index is 13.7. The van der Waals surface area contributed by atoms with Crippen LogP contribution in [0.25, 0.3) is 6.08 Å². The summed E-state index contributed by atoms with van der Waals surface area (Å²) in [5.41, 5.74) is 1.79. The first-order valence-corrected chi connectivity index (χ1v) is 11.8. The molecule has 4 rings (SSSR count). The third-order valence-corrected chi connectivity index (χ3v) is 6.35. The minimum atomic E-state index is -0.768. The van der Waals surface area contributed by atoms with Crippen molar-refractivity contribution in [3.63, 3.8) is 0 Å². The number of hydrogen-bond donors (Lipinski definition) is 0. The van der Waals surface area contributed by atoms with Gasteiger partial charge in [-0.25, -0.2) is 9.79 Å². The van der Waals surface area contributed by atoms with Gasteiger partial charge >= 0.3 is 11.9 Å². The second-order valence-corrected chi connectivity index (χ2v) is 8.72.